The number of halogens is 1. The summed E-state index contributed by atoms with van der Waals surface area (Å²) in [6.45, 7) is 6.81. The molecule has 0 spiro atoms. The second-order valence-electron chi connectivity index (χ2n) is 4.14. The maximum absolute atomic E-state index is 5.87. The summed E-state index contributed by atoms with van der Waals surface area (Å²) in [6, 6.07) is 3.81. The molecule has 0 aliphatic heterocycles. The smallest absolute Gasteiger partial charge is 0.129 e. The fourth-order valence-electron chi connectivity index (χ4n) is 1.05. The van der Waals surface area contributed by atoms with E-state index in [1.165, 1.54) is 0 Å². The highest BCUT2D eigenvalue weighted by Gasteiger charge is 2.16. The van der Waals surface area contributed by atoms with E-state index in [-0.39, 0.29) is 5.41 Å². The van der Waals surface area contributed by atoms with E-state index in [2.05, 4.69) is 25.8 Å². The highest BCUT2D eigenvalue weighted by atomic mass is 35.5. The van der Waals surface area contributed by atoms with Gasteiger partial charge in [0, 0.05) is 17.7 Å². The zero-order valence-electron chi connectivity index (χ0n) is 8.26. The molecule has 1 aromatic rings. The minimum Gasteiger partial charge on any atom is -0.326 e. The monoisotopic (exact) mass is 198 g/mol. The van der Waals surface area contributed by atoms with E-state index in [4.69, 9.17) is 17.3 Å². The fourth-order valence-corrected chi connectivity index (χ4v) is 1.28. The second kappa shape index (κ2) is 3.64. The second-order valence-corrected chi connectivity index (χ2v) is 4.52. The maximum atomic E-state index is 5.87. The van der Waals surface area contributed by atoms with Gasteiger partial charge in [-0.2, -0.15) is 0 Å². The molecule has 1 rings (SSSR count). The van der Waals surface area contributed by atoms with Gasteiger partial charge >= 0.3 is 0 Å². The molecule has 0 unspecified atom stereocenters. The molecule has 1 aromatic heterocycles. The van der Waals surface area contributed by atoms with E-state index in [1.54, 1.807) is 6.07 Å². The zero-order valence-corrected chi connectivity index (χ0v) is 9.02. The lowest BCUT2D eigenvalue weighted by atomic mass is 9.91. The number of aromatic nitrogens is 1. The Balaban J connectivity index is 3.16. The molecule has 72 valence electrons. The highest BCUT2D eigenvalue weighted by molar-refractivity contribution is 6.29. The molecule has 0 aliphatic rings. The number of nitrogens with zero attached hydrogens (tertiary/aromatic N) is 1. The van der Waals surface area contributed by atoms with Crippen molar-refractivity contribution >= 4 is 11.6 Å². The van der Waals surface area contributed by atoms with Gasteiger partial charge in [-0.05, 0) is 17.7 Å². The Morgan fingerprint density at radius 3 is 2.46 bits per heavy atom. The van der Waals surface area contributed by atoms with Crippen molar-refractivity contribution in [1.82, 2.24) is 4.98 Å². The van der Waals surface area contributed by atoms with Crippen LogP contribution in [0, 0.1) is 0 Å². The summed E-state index contributed by atoms with van der Waals surface area (Å²) < 4.78 is 0. The van der Waals surface area contributed by atoms with E-state index < -0.39 is 0 Å². The van der Waals surface area contributed by atoms with Crippen LogP contribution < -0.4 is 5.73 Å². The van der Waals surface area contributed by atoms with Crippen LogP contribution >= 0.6 is 11.6 Å². The molecule has 0 fully saturated rings. The Hall–Kier alpha value is -0.600. The topological polar surface area (TPSA) is 38.9 Å². The summed E-state index contributed by atoms with van der Waals surface area (Å²) in [5.74, 6) is 0. The SMILES string of the molecule is CC(C)(C)c1cc(CN)cc(Cl)n1. The standard InChI is InChI=1S/C10H15ClN2/c1-10(2,3)8-4-7(6-12)5-9(11)13-8/h4-5H,6,12H2,1-3H3. The third kappa shape index (κ3) is 2.68. The van der Waals surface area contributed by atoms with Gasteiger partial charge in [-0.3, -0.25) is 0 Å². The first-order valence-electron chi connectivity index (χ1n) is 4.30. The fraction of sp³-hybridized carbons (Fsp3) is 0.500. The first-order chi connectivity index (χ1) is 5.93. The molecule has 0 aliphatic carbocycles. The molecule has 13 heavy (non-hydrogen) atoms. The van der Waals surface area contributed by atoms with Crippen LogP contribution in [-0.4, -0.2) is 4.98 Å². The van der Waals surface area contributed by atoms with Crippen molar-refractivity contribution in [2.24, 2.45) is 5.73 Å². The van der Waals surface area contributed by atoms with Gasteiger partial charge in [-0.15, -0.1) is 0 Å². The first kappa shape index (κ1) is 10.5. The van der Waals surface area contributed by atoms with E-state index in [9.17, 15) is 0 Å². The molecular formula is C10H15ClN2. The summed E-state index contributed by atoms with van der Waals surface area (Å²) in [5, 5.41) is 0.521. The molecule has 0 saturated heterocycles. The average molecular weight is 199 g/mol. The van der Waals surface area contributed by atoms with Crippen molar-refractivity contribution in [1.29, 1.82) is 0 Å². The summed E-state index contributed by atoms with van der Waals surface area (Å²) in [7, 11) is 0. The first-order valence-corrected chi connectivity index (χ1v) is 4.68. The zero-order chi connectivity index (χ0) is 10.1. The minimum absolute atomic E-state index is 0.0226. The molecule has 3 heteroatoms. The number of hydrogen-bond acceptors (Lipinski definition) is 2. The lowest BCUT2D eigenvalue weighted by Crippen LogP contribution is -2.14. The van der Waals surface area contributed by atoms with Crippen molar-refractivity contribution in [2.45, 2.75) is 32.7 Å². The molecule has 0 radical (unpaired) electrons. The normalized spacial score (nSPS) is 11.8. The van der Waals surface area contributed by atoms with Crippen LogP contribution in [0.1, 0.15) is 32.0 Å². The van der Waals surface area contributed by atoms with E-state index in [0.29, 0.717) is 11.7 Å². The van der Waals surface area contributed by atoms with Crippen molar-refractivity contribution in [2.75, 3.05) is 0 Å². The predicted octanol–water partition coefficient (Wildman–Crippen LogP) is 2.49. The average Bonchev–Trinajstić information content (AvgIpc) is 2.01. The van der Waals surface area contributed by atoms with Gasteiger partial charge < -0.3 is 5.73 Å². The van der Waals surface area contributed by atoms with Gasteiger partial charge in [0.25, 0.3) is 0 Å². The number of hydrogen-bond donors (Lipinski definition) is 1. The molecule has 0 aromatic carbocycles. The number of nitrogens with two attached hydrogens (primary N) is 1. The van der Waals surface area contributed by atoms with Crippen LogP contribution in [0.3, 0.4) is 0 Å². The lowest BCUT2D eigenvalue weighted by molar-refractivity contribution is 0.568. The third-order valence-electron chi connectivity index (χ3n) is 1.86. The highest BCUT2D eigenvalue weighted by Crippen LogP contribution is 2.22. The van der Waals surface area contributed by atoms with Gasteiger partial charge in [-0.25, -0.2) is 4.98 Å². The predicted molar refractivity (Wildman–Crippen MR) is 55.8 cm³/mol. The summed E-state index contributed by atoms with van der Waals surface area (Å²) in [4.78, 5) is 4.26. The molecule has 0 bridgehead atoms. The summed E-state index contributed by atoms with van der Waals surface area (Å²) in [6.07, 6.45) is 0. The van der Waals surface area contributed by atoms with Crippen LogP contribution in [0.25, 0.3) is 0 Å². The van der Waals surface area contributed by atoms with Crippen LogP contribution in [0.4, 0.5) is 0 Å². The van der Waals surface area contributed by atoms with E-state index >= 15 is 0 Å². The van der Waals surface area contributed by atoms with Crippen molar-refractivity contribution in [3.8, 4) is 0 Å². The van der Waals surface area contributed by atoms with Crippen molar-refractivity contribution < 1.29 is 0 Å². The van der Waals surface area contributed by atoms with E-state index in [1.807, 2.05) is 6.07 Å². The third-order valence-corrected chi connectivity index (χ3v) is 2.05. The molecule has 2 N–H and O–H groups in total. The molecular weight excluding hydrogens is 184 g/mol. The van der Waals surface area contributed by atoms with E-state index in [0.717, 1.165) is 11.3 Å². The Morgan fingerprint density at radius 2 is 2.00 bits per heavy atom. The Kier molecular flexibility index (Phi) is 2.94. The Morgan fingerprint density at radius 1 is 1.38 bits per heavy atom. The molecule has 1 heterocycles. The molecule has 2 nitrogen and oxygen atoms in total. The maximum Gasteiger partial charge on any atom is 0.129 e. The molecule has 0 atom stereocenters. The van der Waals surface area contributed by atoms with Gasteiger partial charge in [0.2, 0.25) is 0 Å². The van der Waals surface area contributed by atoms with Crippen molar-refractivity contribution in [3.63, 3.8) is 0 Å². The summed E-state index contributed by atoms with van der Waals surface area (Å²) in [5.41, 5.74) is 7.59. The largest absolute Gasteiger partial charge is 0.326 e. The number of pyridine rings is 1. The van der Waals surface area contributed by atoms with Gasteiger partial charge in [0.1, 0.15) is 5.15 Å². The van der Waals surface area contributed by atoms with Crippen LogP contribution in [-0.2, 0) is 12.0 Å². The van der Waals surface area contributed by atoms with Crippen LogP contribution in [0.5, 0.6) is 0 Å². The molecule has 0 amide bonds. The minimum atomic E-state index is 0.0226. The quantitative estimate of drug-likeness (QED) is 0.705. The Labute approximate surface area is 84.1 Å². The van der Waals surface area contributed by atoms with Gasteiger partial charge in [0.05, 0.1) is 0 Å². The van der Waals surface area contributed by atoms with Gasteiger partial charge in [0.15, 0.2) is 0 Å². The lowest BCUT2D eigenvalue weighted by Gasteiger charge is -2.18. The Bertz CT molecular complexity index is 302. The van der Waals surface area contributed by atoms with Crippen LogP contribution in [0.2, 0.25) is 5.15 Å². The van der Waals surface area contributed by atoms with Gasteiger partial charge in [-0.1, -0.05) is 32.4 Å². The number of rotatable bonds is 1. The molecule has 0 saturated carbocycles. The summed E-state index contributed by atoms with van der Waals surface area (Å²) >= 11 is 5.87. The van der Waals surface area contributed by atoms with Crippen molar-refractivity contribution in [3.05, 3.63) is 28.5 Å². The van der Waals surface area contributed by atoms with Crippen LogP contribution in [0.15, 0.2) is 12.1 Å².